The molecule has 0 spiro atoms. The number of rotatable bonds is 12. The van der Waals surface area contributed by atoms with Crippen LogP contribution in [-0.2, 0) is 8.85 Å². The SMILES string of the molecule is CCCCCCCCC[Si](OCC)(OCC)C(C)(C)C. The van der Waals surface area contributed by atoms with Crippen LogP contribution in [-0.4, -0.2) is 21.8 Å². The zero-order valence-electron chi connectivity index (χ0n) is 14.9. The van der Waals surface area contributed by atoms with Gasteiger partial charge < -0.3 is 8.85 Å². The van der Waals surface area contributed by atoms with Crippen LogP contribution in [0.25, 0.3) is 0 Å². The number of hydrogen-bond donors (Lipinski definition) is 0. The van der Waals surface area contributed by atoms with Crippen LogP contribution < -0.4 is 0 Å². The lowest BCUT2D eigenvalue weighted by atomic mass is 10.1. The van der Waals surface area contributed by atoms with Crippen LogP contribution in [0.2, 0.25) is 11.1 Å². The van der Waals surface area contributed by atoms with Gasteiger partial charge in [0.25, 0.3) is 0 Å². The van der Waals surface area contributed by atoms with Gasteiger partial charge in [-0.15, -0.1) is 0 Å². The smallest absolute Gasteiger partial charge is 0.343 e. The van der Waals surface area contributed by atoms with Gasteiger partial charge in [0.2, 0.25) is 0 Å². The van der Waals surface area contributed by atoms with Gasteiger partial charge in [-0.05, 0) is 19.9 Å². The highest BCUT2D eigenvalue weighted by molar-refractivity contribution is 6.70. The van der Waals surface area contributed by atoms with Crippen LogP contribution in [0.4, 0.5) is 0 Å². The third-order valence-corrected chi connectivity index (χ3v) is 8.81. The van der Waals surface area contributed by atoms with Crippen LogP contribution in [0.15, 0.2) is 0 Å². The Labute approximate surface area is 128 Å². The lowest BCUT2D eigenvalue weighted by Crippen LogP contribution is -2.50. The van der Waals surface area contributed by atoms with Gasteiger partial charge in [0, 0.05) is 18.3 Å². The average molecular weight is 303 g/mol. The van der Waals surface area contributed by atoms with E-state index < -0.39 is 8.56 Å². The minimum absolute atomic E-state index is 0.154. The first-order chi connectivity index (χ1) is 9.43. The third kappa shape index (κ3) is 7.23. The second-order valence-electron chi connectivity index (χ2n) is 6.74. The van der Waals surface area contributed by atoms with Gasteiger partial charge in [-0.2, -0.15) is 0 Å². The predicted molar refractivity (Wildman–Crippen MR) is 91.5 cm³/mol. The van der Waals surface area contributed by atoms with E-state index in [-0.39, 0.29) is 5.04 Å². The summed E-state index contributed by atoms with van der Waals surface area (Å²) in [5.74, 6) is 0. The van der Waals surface area contributed by atoms with Crippen molar-refractivity contribution in [1.29, 1.82) is 0 Å². The molecule has 0 saturated heterocycles. The van der Waals surface area contributed by atoms with Crippen molar-refractivity contribution in [1.82, 2.24) is 0 Å². The molecule has 0 radical (unpaired) electrons. The summed E-state index contributed by atoms with van der Waals surface area (Å²) in [7, 11) is -2.07. The van der Waals surface area contributed by atoms with E-state index in [1.807, 2.05) is 0 Å². The molecule has 0 heterocycles. The molecular weight excluding hydrogens is 264 g/mol. The van der Waals surface area contributed by atoms with Crippen LogP contribution in [0.1, 0.15) is 86.5 Å². The molecule has 0 rings (SSSR count). The standard InChI is InChI=1S/C17H38O2Si/c1-7-10-11-12-13-14-15-16-20(18-8-2,19-9-3)17(4,5)6/h7-16H2,1-6H3. The average Bonchev–Trinajstić information content (AvgIpc) is 2.36. The number of hydrogen-bond acceptors (Lipinski definition) is 2. The molecule has 122 valence electrons. The highest BCUT2D eigenvalue weighted by Crippen LogP contribution is 2.41. The van der Waals surface area contributed by atoms with Crippen molar-refractivity contribution in [3.8, 4) is 0 Å². The zero-order valence-corrected chi connectivity index (χ0v) is 15.9. The van der Waals surface area contributed by atoms with Crippen molar-refractivity contribution in [2.24, 2.45) is 0 Å². The van der Waals surface area contributed by atoms with E-state index >= 15 is 0 Å². The van der Waals surface area contributed by atoms with Crippen molar-refractivity contribution in [3.63, 3.8) is 0 Å². The molecule has 3 heteroatoms. The Kier molecular flexibility index (Phi) is 10.9. The fraction of sp³-hybridized carbons (Fsp3) is 1.00. The molecule has 0 aromatic carbocycles. The molecule has 0 saturated carbocycles. The first-order valence-corrected chi connectivity index (χ1v) is 10.7. The van der Waals surface area contributed by atoms with E-state index in [0.29, 0.717) is 0 Å². The lowest BCUT2D eigenvalue weighted by molar-refractivity contribution is 0.159. The van der Waals surface area contributed by atoms with Gasteiger partial charge in [-0.1, -0.05) is 72.6 Å². The highest BCUT2D eigenvalue weighted by atomic mass is 28.4. The van der Waals surface area contributed by atoms with E-state index in [0.717, 1.165) is 19.3 Å². The summed E-state index contributed by atoms with van der Waals surface area (Å²) < 4.78 is 12.4. The second kappa shape index (κ2) is 10.8. The molecule has 0 atom stereocenters. The summed E-state index contributed by atoms with van der Waals surface area (Å²) in [6, 6.07) is 1.14. The van der Waals surface area contributed by atoms with Gasteiger partial charge in [-0.25, -0.2) is 0 Å². The van der Waals surface area contributed by atoms with E-state index in [1.54, 1.807) is 0 Å². The van der Waals surface area contributed by atoms with Gasteiger partial charge in [-0.3, -0.25) is 0 Å². The quantitative estimate of drug-likeness (QED) is 0.322. The van der Waals surface area contributed by atoms with Crippen molar-refractivity contribution in [2.75, 3.05) is 13.2 Å². The highest BCUT2D eigenvalue weighted by Gasteiger charge is 2.48. The molecule has 0 bridgehead atoms. The normalized spacial score (nSPS) is 12.9. The minimum atomic E-state index is -2.07. The molecule has 0 amide bonds. The van der Waals surface area contributed by atoms with Crippen molar-refractivity contribution < 1.29 is 8.85 Å². The van der Waals surface area contributed by atoms with E-state index in [2.05, 4.69) is 41.5 Å². The van der Waals surface area contributed by atoms with E-state index in [9.17, 15) is 0 Å². The molecule has 0 aromatic heterocycles. The van der Waals surface area contributed by atoms with Crippen molar-refractivity contribution in [3.05, 3.63) is 0 Å². The summed E-state index contributed by atoms with van der Waals surface area (Å²) in [4.78, 5) is 0. The maximum atomic E-state index is 6.20. The first kappa shape index (κ1) is 20.1. The third-order valence-electron chi connectivity index (χ3n) is 4.01. The Bertz CT molecular complexity index is 218. The molecule has 0 aliphatic rings. The zero-order chi connectivity index (χ0) is 15.5. The molecule has 0 aromatic rings. The van der Waals surface area contributed by atoms with Gasteiger partial charge >= 0.3 is 8.56 Å². The van der Waals surface area contributed by atoms with Gasteiger partial charge in [0.1, 0.15) is 0 Å². The Morgan fingerprint density at radius 3 is 1.55 bits per heavy atom. The molecular formula is C17H38O2Si. The van der Waals surface area contributed by atoms with Crippen LogP contribution in [0.3, 0.4) is 0 Å². The predicted octanol–water partition coefficient (Wildman–Crippen LogP) is 6.05. The molecule has 20 heavy (non-hydrogen) atoms. The molecule has 0 unspecified atom stereocenters. The molecule has 0 fully saturated rings. The summed E-state index contributed by atoms with van der Waals surface area (Å²) in [6.07, 6.45) is 9.46. The van der Waals surface area contributed by atoms with Crippen molar-refractivity contribution in [2.45, 2.75) is 97.6 Å². The Hall–Kier alpha value is 0.137. The molecule has 0 aliphatic carbocycles. The Morgan fingerprint density at radius 2 is 1.15 bits per heavy atom. The molecule has 2 nitrogen and oxygen atoms in total. The Morgan fingerprint density at radius 1 is 0.700 bits per heavy atom. The maximum Gasteiger partial charge on any atom is 0.343 e. The largest absolute Gasteiger partial charge is 0.394 e. The minimum Gasteiger partial charge on any atom is -0.394 e. The van der Waals surface area contributed by atoms with Crippen LogP contribution in [0.5, 0.6) is 0 Å². The van der Waals surface area contributed by atoms with E-state index in [1.165, 1.54) is 44.9 Å². The second-order valence-corrected chi connectivity index (χ2v) is 10.8. The topological polar surface area (TPSA) is 18.5 Å². The molecule has 0 N–H and O–H groups in total. The number of unbranched alkanes of at least 4 members (excludes halogenated alkanes) is 6. The fourth-order valence-corrected chi connectivity index (χ4v) is 6.41. The molecule has 0 aliphatic heterocycles. The van der Waals surface area contributed by atoms with Crippen LogP contribution >= 0.6 is 0 Å². The van der Waals surface area contributed by atoms with Gasteiger partial charge in [0.05, 0.1) is 0 Å². The monoisotopic (exact) mass is 302 g/mol. The summed E-state index contributed by atoms with van der Waals surface area (Å²) >= 11 is 0. The van der Waals surface area contributed by atoms with Gasteiger partial charge in [0.15, 0.2) is 0 Å². The summed E-state index contributed by atoms with van der Waals surface area (Å²) in [6.45, 7) is 14.9. The summed E-state index contributed by atoms with van der Waals surface area (Å²) in [5.41, 5.74) is 0. The van der Waals surface area contributed by atoms with E-state index in [4.69, 9.17) is 8.85 Å². The first-order valence-electron chi connectivity index (χ1n) is 8.71. The fourth-order valence-electron chi connectivity index (χ4n) is 2.78. The lowest BCUT2D eigenvalue weighted by Gasteiger charge is -2.40. The van der Waals surface area contributed by atoms with Crippen molar-refractivity contribution >= 4 is 8.56 Å². The summed E-state index contributed by atoms with van der Waals surface area (Å²) in [5, 5.41) is 0.154. The Balaban J connectivity index is 4.22. The maximum absolute atomic E-state index is 6.20. The van der Waals surface area contributed by atoms with Crippen LogP contribution in [0, 0.1) is 0 Å².